The summed E-state index contributed by atoms with van der Waals surface area (Å²) in [5.41, 5.74) is -0.169. The zero-order valence-corrected chi connectivity index (χ0v) is 12.8. The third-order valence-corrected chi connectivity index (χ3v) is 4.69. The fourth-order valence-electron chi connectivity index (χ4n) is 3.47. The molecule has 5 nitrogen and oxygen atoms in total. The number of nitrogens with zero attached hydrogens (tertiary/aromatic N) is 2. The summed E-state index contributed by atoms with van der Waals surface area (Å²) in [6.45, 7) is 3.66. The number of hydrogen-bond acceptors (Lipinski definition) is 5. The van der Waals surface area contributed by atoms with E-state index in [2.05, 4.69) is 9.88 Å². The fraction of sp³-hybridized carbons (Fsp3) is 0.471. The molecule has 2 aromatic rings. The Morgan fingerprint density at radius 2 is 2.26 bits per heavy atom. The molecule has 0 radical (unpaired) electrons. The first-order valence-electron chi connectivity index (χ1n) is 7.87. The van der Waals surface area contributed by atoms with Gasteiger partial charge in [-0.15, -0.1) is 0 Å². The molecule has 4 rings (SSSR count). The van der Waals surface area contributed by atoms with Crippen molar-refractivity contribution in [1.29, 1.82) is 0 Å². The maximum atomic E-state index is 13.6. The SMILES string of the molecule is Fc1cccnc1OCC1CCOC12CN(Cc1ccco1)C2. The van der Waals surface area contributed by atoms with Crippen LogP contribution in [0, 0.1) is 11.7 Å². The number of halogens is 1. The van der Waals surface area contributed by atoms with Gasteiger partial charge in [0.15, 0.2) is 5.82 Å². The first-order chi connectivity index (χ1) is 11.3. The minimum atomic E-state index is -0.423. The summed E-state index contributed by atoms with van der Waals surface area (Å²) in [6.07, 6.45) is 4.16. The monoisotopic (exact) mass is 318 g/mol. The molecule has 2 aromatic heterocycles. The average molecular weight is 318 g/mol. The smallest absolute Gasteiger partial charge is 0.250 e. The molecular weight excluding hydrogens is 299 g/mol. The van der Waals surface area contributed by atoms with E-state index >= 15 is 0 Å². The van der Waals surface area contributed by atoms with Gasteiger partial charge in [0.25, 0.3) is 0 Å². The molecule has 1 spiro atoms. The minimum absolute atomic E-state index is 0.0707. The Morgan fingerprint density at radius 3 is 3.04 bits per heavy atom. The standard InChI is InChI=1S/C17H19FN2O3/c18-15-4-1-6-19-16(15)22-10-13-5-8-23-17(13)11-20(12-17)9-14-3-2-7-21-14/h1-4,6-7,13H,5,8-12H2. The second-order valence-corrected chi connectivity index (χ2v) is 6.22. The highest BCUT2D eigenvalue weighted by atomic mass is 19.1. The maximum absolute atomic E-state index is 13.6. The van der Waals surface area contributed by atoms with Crippen LogP contribution in [0.3, 0.4) is 0 Å². The van der Waals surface area contributed by atoms with E-state index in [1.165, 1.54) is 12.3 Å². The van der Waals surface area contributed by atoms with Crippen molar-refractivity contribution in [3.8, 4) is 5.88 Å². The number of aromatic nitrogens is 1. The Hall–Kier alpha value is -1.92. The van der Waals surface area contributed by atoms with E-state index in [1.54, 1.807) is 12.3 Å². The molecule has 0 N–H and O–H groups in total. The van der Waals surface area contributed by atoms with E-state index in [1.807, 2.05) is 12.1 Å². The second-order valence-electron chi connectivity index (χ2n) is 6.22. The van der Waals surface area contributed by atoms with Crippen molar-refractivity contribution in [2.24, 2.45) is 5.92 Å². The minimum Gasteiger partial charge on any atom is -0.475 e. The Balaban J connectivity index is 1.34. The lowest BCUT2D eigenvalue weighted by Crippen LogP contribution is -2.64. The number of hydrogen-bond donors (Lipinski definition) is 0. The van der Waals surface area contributed by atoms with E-state index in [-0.39, 0.29) is 17.4 Å². The van der Waals surface area contributed by atoms with Gasteiger partial charge in [0, 0.05) is 31.8 Å². The highest BCUT2D eigenvalue weighted by Gasteiger charge is 2.53. The largest absolute Gasteiger partial charge is 0.475 e. The molecule has 4 heterocycles. The lowest BCUT2D eigenvalue weighted by molar-refractivity contribution is -0.142. The van der Waals surface area contributed by atoms with Crippen LogP contribution in [-0.2, 0) is 11.3 Å². The van der Waals surface area contributed by atoms with Gasteiger partial charge in [0.05, 0.1) is 25.0 Å². The fourth-order valence-corrected chi connectivity index (χ4v) is 3.47. The average Bonchev–Trinajstić information content (AvgIpc) is 3.16. The molecule has 0 amide bonds. The lowest BCUT2D eigenvalue weighted by atomic mass is 9.81. The number of pyridine rings is 1. The quantitative estimate of drug-likeness (QED) is 0.847. The second kappa shape index (κ2) is 5.94. The van der Waals surface area contributed by atoms with Gasteiger partial charge in [-0.05, 0) is 30.7 Å². The van der Waals surface area contributed by atoms with Gasteiger partial charge in [-0.3, -0.25) is 4.90 Å². The molecule has 0 saturated carbocycles. The van der Waals surface area contributed by atoms with Crippen LogP contribution in [0.5, 0.6) is 5.88 Å². The number of furan rings is 1. The Labute approximate surface area is 134 Å². The van der Waals surface area contributed by atoms with Gasteiger partial charge in [-0.1, -0.05) is 0 Å². The predicted octanol–water partition coefficient (Wildman–Crippen LogP) is 2.48. The van der Waals surface area contributed by atoms with E-state index in [9.17, 15) is 4.39 Å². The van der Waals surface area contributed by atoms with Crippen molar-refractivity contribution >= 4 is 0 Å². The first-order valence-corrected chi connectivity index (χ1v) is 7.87. The van der Waals surface area contributed by atoms with Crippen molar-refractivity contribution in [1.82, 2.24) is 9.88 Å². The summed E-state index contributed by atoms with van der Waals surface area (Å²) < 4.78 is 30.5. The van der Waals surface area contributed by atoms with Gasteiger partial charge < -0.3 is 13.9 Å². The normalized spacial score (nSPS) is 23.1. The molecule has 1 unspecified atom stereocenters. The van der Waals surface area contributed by atoms with Crippen LogP contribution >= 0.6 is 0 Å². The summed E-state index contributed by atoms with van der Waals surface area (Å²) >= 11 is 0. The van der Waals surface area contributed by atoms with E-state index in [0.717, 1.165) is 38.4 Å². The molecule has 122 valence electrons. The molecular formula is C17H19FN2O3. The molecule has 2 fully saturated rings. The van der Waals surface area contributed by atoms with Crippen molar-refractivity contribution < 1.29 is 18.3 Å². The van der Waals surface area contributed by atoms with Crippen LogP contribution < -0.4 is 4.74 Å². The highest BCUT2D eigenvalue weighted by molar-refractivity contribution is 5.14. The molecule has 2 saturated heterocycles. The van der Waals surface area contributed by atoms with Crippen molar-refractivity contribution in [3.05, 3.63) is 48.3 Å². The Kier molecular flexibility index (Phi) is 3.79. The summed E-state index contributed by atoms with van der Waals surface area (Å²) in [4.78, 5) is 6.23. The molecule has 23 heavy (non-hydrogen) atoms. The van der Waals surface area contributed by atoms with Gasteiger partial charge >= 0.3 is 0 Å². The van der Waals surface area contributed by atoms with Crippen LogP contribution in [0.2, 0.25) is 0 Å². The van der Waals surface area contributed by atoms with Gasteiger partial charge in [0.2, 0.25) is 5.88 Å². The van der Waals surface area contributed by atoms with Crippen molar-refractivity contribution in [3.63, 3.8) is 0 Å². The maximum Gasteiger partial charge on any atom is 0.250 e. The molecule has 0 bridgehead atoms. The Morgan fingerprint density at radius 1 is 1.35 bits per heavy atom. The van der Waals surface area contributed by atoms with Gasteiger partial charge in [-0.25, -0.2) is 9.37 Å². The van der Waals surface area contributed by atoms with Crippen LogP contribution in [0.1, 0.15) is 12.2 Å². The molecule has 2 aliphatic rings. The third kappa shape index (κ3) is 2.84. The third-order valence-electron chi connectivity index (χ3n) is 4.69. The van der Waals surface area contributed by atoms with Gasteiger partial charge in [-0.2, -0.15) is 0 Å². The molecule has 2 aliphatic heterocycles. The summed E-state index contributed by atoms with van der Waals surface area (Å²) in [6, 6.07) is 6.79. The Bertz CT molecular complexity index is 656. The summed E-state index contributed by atoms with van der Waals surface area (Å²) in [5, 5.41) is 0. The topological polar surface area (TPSA) is 47.7 Å². The highest BCUT2D eigenvalue weighted by Crippen LogP contribution is 2.40. The molecule has 1 atom stereocenters. The number of ether oxygens (including phenoxy) is 2. The molecule has 0 aromatic carbocycles. The van der Waals surface area contributed by atoms with E-state index in [4.69, 9.17) is 13.9 Å². The lowest BCUT2D eigenvalue weighted by Gasteiger charge is -2.49. The summed E-state index contributed by atoms with van der Waals surface area (Å²) in [5.74, 6) is 0.868. The number of likely N-dealkylation sites (tertiary alicyclic amines) is 1. The van der Waals surface area contributed by atoms with Crippen LogP contribution in [-0.4, -0.2) is 41.8 Å². The first kappa shape index (κ1) is 14.7. The van der Waals surface area contributed by atoms with Crippen molar-refractivity contribution in [2.75, 3.05) is 26.3 Å². The van der Waals surface area contributed by atoms with E-state index < -0.39 is 5.82 Å². The predicted molar refractivity (Wildman–Crippen MR) is 80.5 cm³/mol. The van der Waals surface area contributed by atoms with Crippen LogP contribution in [0.25, 0.3) is 0 Å². The van der Waals surface area contributed by atoms with Crippen LogP contribution in [0.4, 0.5) is 4.39 Å². The van der Waals surface area contributed by atoms with E-state index in [0.29, 0.717) is 6.61 Å². The molecule has 6 heteroatoms. The zero-order valence-electron chi connectivity index (χ0n) is 12.8. The van der Waals surface area contributed by atoms with Crippen molar-refractivity contribution in [2.45, 2.75) is 18.6 Å². The summed E-state index contributed by atoms with van der Waals surface area (Å²) in [7, 11) is 0. The van der Waals surface area contributed by atoms with Gasteiger partial charge in [0.1, 0.15) is 5.76 Å². The van der Waals surface area contributed by atoms with Crippen LogP contribution in [0.15, 0.2) is 41.1 Å². The molecule has 0 aliphatic carbocycles. The number of rotatable bonds is 5. The zero-order chi connectivity index (χ0) is 15.7.